The number of hydrogen-bond acceptors (Lipinski definition) is 4. The summed E-state index contributed by atoms with van der Waals surface area (Å²) >= 11 is 6.89. The van der Waals surface area contributed by atoms with E-state index in [0.717, 1.165) is 0 Å². The number of nitrogens with one attached hydrogen (secondary N) is 3. The molecule has 0 atom stereocenters. The highest BCUT2D eigenvalue weighted by Gasteiger charge is 2.11. The molecule has 0 aliphatic carbocycles. The van der Waals surface area contributed by atoms with E-state index >= 15 is 0 Å². The number of hydrogen-bond donors (Lipinski definition) is 3. The average Bonchev–Trinajstić information content (AvgIpc) is 3.05. The Labute approximate surface area is 163 Å². The van der Waals surface area contributed by atoms with Crippen molar-refractivity contribution >= 4 is 51.4 Å². The van der Waals surface area contributed by atoms with Gasteiger partial charge in [0, 0.05) is 16.8 Å². The van der Waals surface area contributed by atoms with Gasteiger partial charge in [0.05, 0.1) is 17.1 Å². The predicted molar refractivity (Wildman–Crippen MR) is 105 cm³/mol. The molecular formula is C18H14ClFN4O2S. The summed E-state index contributed by atoms with van der Waals surface area (Å²) in [5.41, 5.74) is 1.55. The highest BCUT2D eigenvalue weighted by Crippen LogP contribution is 2.20. The lowest BCUT2D eigenvalue weighted by molar-refractivity contribution is -0.115. The topological polar surface area (TPSA) is 83.1 Å². The van der Waals surface area contributed by atoms with E-state index in [4.69, 9.17) is 11.6 Å². The number of carbonyl (C=O) groups is 2. The molecule has 1 heterocycles. The van der Waals surface area contributed by atoms with Crippen molar-refractivity contribution in [3.05, 3.63) is 70.4 Å². The fraction of sp³-hybridized carbons (Fsp3) is 0.0556. The van der Waals surface area contributed by atoms with Crippen molar-refractivity contribution in [3.8, 4) is 0 Å². The first-order valence-corrected chi connectivity index (χ1v) is 9.08. The maximum absolute atomic E-state index is 13.1. The van der Waals surface area contributed by atoms with Gasteiger partial charge in [-0.25, -0.2) is 14.2 Å². The summed E-state index contributed by atoms with van der Waals surface area (Å²) in [5.74, 6) is -0.887. The predicted octanol–water partition coefficient (Wildman–Crippen LogP) is 4.76. The summed E-state index contributed by atoms with van der Waals surface area (Å²) in [6, 6.07) is 12.5. The Kier molecular flexibility index (Phi) is 6.00. The third-order valence-corrected chi connectivity index (χ3v) is 4.45. The molecule has 0 bridgehead atoms. The van der Waals surface area contributed by atoms with Gasteiger partial charge in [-0.2, -0.15) is 0 Å². The maximum Gasteiger partial charge on any atom is 0.325 e. The van der Waals surface area contributed by atoms with Crippen LogP contribution in [0, 0.1) is 5.82 Å². The van der Waals surface area contributed by atoms with Gasteiger partial charge in [-0.15, -0.1) is 11.3 Å². The van der Waals surface area contributed by atoms with E-state index in [1.165, 1.54) is 29.5 Å². The molecule has 0 fully saturated rings. The largest absolute Gasteiger partial charge is 0.326 e. The molecule has 0 aliphatic rings. The number of para-hydroxylation sites is 1. The minimum absolute atomic E-state index is 0.00742. The lowest BCUT2D eigenvalue weighted by Crippen LogP contribution is -2.19. The number of anilines is 3. The van der Waals surface area contributed by atoms with E-state index in [0.29, 0.717) is 22.2 Å². The molecule has 0 aliphatic heterocycles. The standard InChI is InChI=1S/C18H14ClFN4O2S/c19-14-8-12(6-7-15(14)20)21-16(25)9-13-10-27-18(23-13)24-17(26)22-11-4-2-1-3-5-11/h1-8,10H,9H2,(H,21,25)(H2,22,23,24,26). The molecule has 0 radical (unpaired) electrons. The number of urea groups is 1. The zero-order valence-corrected chi connectivity index (χ0v) is 15.4. The number of rotatable bonds is 5. The number of amides is 3. The maximum atomic E-state index is 13.1. The molecule has 3 aromatic rings. The van der Waals surface area contributed by atoms with Gasteiger partial charge in [-0.1, -0.05) is 29.8 Å². The van der Waals surface area contributed by atoms with Crippen molar-refractivity contribution < 1.29 is 14.0 Å². The number of carbonyl (C=O) groups excluding carboxylic acids is 2. The third kappa shape index (κ3) is 5.50. The van der Waals surface area contributed by atoms with Crippen molar-refractivity contribution in [3.63, 3.8) is 0 Å². The summed E-state index contributed by atoms with van der Waals surface area (Å²) in [5, 5.41) is 9.88. The minimum atomic E-state index is -0.557. The van der Waals surface area contributed by atoms with Gasteiger partial charge in [0.15, 0.2) is 5.13 Å². The van der Waals surface area contributed by atoms with Gasteiger partial charge < -0.3 is 10.6 Å². The van der Waals surface area contributed by atoms with Crippen LogP contribution < -0.4 is 16.0 Å². The van der Waals surface area contributed by atoms with E-state index in [1.807, 2.05) is 18.2 Å². The molecule has 2 aromatic carbocycles. The van der Waals surface area contributed by atoms with E-state index < -0.39 is 11.8 Å². The van der Waals surface area contributed by atoms with Crippen molar-refractivity contribution in [2.45, 2.75) is 6.42 Å². The Morgan fingerprint density at radius 3 is 2.56 bits per heavy atom. The molecule has 138 valence electrons. The number of halogens is 2. The Hall–Kier alpha value is -2.97. The zero-order chi connectivity index (χ0) is 19.2. The monoisotopic (exact) mass is 404 g/mol. The van der Waals surface area contributed by atoms with Crippen molar-refractivity contribution in [2.75, 3.05) is 16.0 Å². The fourth-order valence-electron chi connectivity index (χ4n) is 2.17. The van der Waals surface area contributed by atoms with E-state index in [9.17, 15) is 14.0 Å². The first-order chi connectivity index (χ1) is 13.0. The van der Waals surface area contributed by atoms with Crippen LogP contribution in [0.2, 0.25) is 5.02 Å². The Bertz CT molecular complexity index is 965. The second kappa shape index (κ2) is 8.61. The molecule has 9 heteroatoms. The highest BCUT2D eigenvalue weighted by molar-refractivity contribution is 7.14. The number of aromatic nitrogens is 1. The highest BCUT2D eigenvalue weighted by atomic mass is 35.5. The minimum Gasteiger partial charge on any atom is -0.326 e. The van der Waals surface area contributed by atoms with Crippen LogP contribution in [0.4, 0.5) is 25.7 Å². The van der Waals surface area contributed by atoms with Gasteiger partial charge in [0.2, 0.25) is 5.91 Å². The van der Waals surface area contributed by atoms with Crippen LogP contribution >= 0.6 is 22.9 Å². The van der Waals surface area contributed by atoms with E-state index in [2.05, 4.69) is 20.9 Å². The molecule has 0 spiro atoms. The van der Waals surface area contributed by atoms with Crippen molar-refractivity contribution in [1.82, 2.24) is 4.98 Å². The second-order valence-corrected chi connectivity index (χ2v) is 6.71. The molecule has 3 N–H and O–H groups in total. The fourth-order valence-corrected chi connectivity index (χ4v) is 3.06. The van der Waals surface area contributed by atoms with Crippen LogP contribution in [0.15, 0.2) is 53.9 Å². The van der Waals surface area contributed by atoms with E-state index in [-0.39, 0.29) is 17.4 Å². The Morgan fingerprint density at radius 1 is 1.04 bits per heavy atom. The van der Waals surface area contributed by atoms with Gasteiger partial charge in [-0.3, -0.25) is 10.1 Å². The lowest BCUT2D eigenvalue weighted by Gasteiger charge is -2.05. The summed E-state index contributed by atoms with van der Waals surface area (Å²) < 4.78 is 13.1. The van der Waals surface area contributed by atoms with Gasteiger partial charge >= 0.3 is 6.03 Å². The van der Waals surface area contributed by atoms with Gasteiger partial charge in [0.25, 0.3) is 0 Å². The summed E-state index contributed by atoms with van der Waals surface area (Å²) in [6.45, 7) is 0. The first-order valence-electron chi connectivity index (χ1n) is 7.82. The molecule has 3 amide bonds. The second-order valence-electron chi connectivity index (χ2n) is 5.44. The summed E-state index contributed by atoms with van der Waals surface area (Å²) in [4.78, 5) is 28.2. The Morgan fingerprint density at radius 2 is 1.81 bits per heavy atom. The normalized spacial score (nSPS) is 10.3. The van der Waals surface area contributed by atoms with Gasteiger partial charge in [-0.05, 0) is 30.3 Å². The van der Waals surface area contributed by atoms with Crippen LogP contribution in [-0.4, -0.2) is 16.9 Å². The smallest absolute Gasteiger partial charge is 0.325 e. The van der Waals surface area contributed by atoms with Crippen LogP contribution in [0.5, 0.6) is 0 Å². The SMILES string of the molecule is O=C(Cc1csc(NC(=O)Nc2ccccc2)n1)Nc1ccc(F)c(Cl)c1. The molecule has 0 saturated heterocycles. The molecule has 0 unspecified atom stereocenters. The van der Waals surface area contributed by atoms with Gasteiger partial charge in [0.1, 0.15) is 5.82 Å². The van der Waals surface area contributed by atoms with Crippen molar-refractivity contribution in [1.29, 1.82) is 0 Å². The quantitative estimate of drug-likeness (QED) is 0.573. The van der Waals surface area contributed by atoms with Crippen LogP contribution in [0.1, 0.15) is 5.69 Å². The molecule has 6 nitrogen and oxygen atoms in total. The van der Waals surface area contributed by atoms with Crippen LogP contribution in [0.3, 0.4) is 0 Å². The average molecular weight is 405 g/mol. The number of thiazole rings is 1. The molecule has 27 heavy (non-hydrogen) atoms. The van der Waals surface area contributed by atoms with E-state index in [1.54, 1.807) is 17.5 Å². The summed E-state index contributed by atoms with van der Waals surface area (Å²) in [7, 11) is 0. The molecule has 3 rings (SSSR count). The van der Waals surface area contributed by atoms with Crippen LogP contribution in [-0.2, 0) is 11.2 Å². The third-order valence-electron chi connectivity index (χ3n) is 3.35. The Balaban J connectivity index is 1.53. The lowest BCUT2D eigenvalue weighted by atomic mass is 10.2. The van der Waals surface area contributed by atoms with Crippen LogP contribution in [0.25, 0.3) is 0 Å². The molecular weight excluding hydrogens is 391 g/mol. The first kappa shape index (κ1) is 18.8. The molecule has 1 aromatic heterocycles. The number of benzene rings is 2. The molecule has 0 saturated carbocycles. The zero-order valence-electron chi connectivity index (χ0n) is 13.8. The summed E-state index contributed by atoms with van der Waals surface area (Å²) in [6.07, 6.45) is 0.00742. The van der Waals surface area contributed by atoms with Crippen molar-refractivity contribution in [2.24, 2.45) is 0 Å². The number of nitrogens with zero attached hydrogens (tertiary/aromatic N) is 1.